The molecule has 1 unspecified atom stereocenters. The summed E-state index contributed by atoms with van der Waals surface area (Å²) >= 11 is 0. The number of likely N-dealkylation sites (tertiary alicyclic amines) is 1. The molecule has 1 amide bonds. The van der Waals surface area contributed by atoms with E-state index < -0.39 is 5.97 Å². The Labute approximate surface area is 105 Å². The zero-order valence-corrected chi connectivity index (χ0v) is 10.1. The molecule has 0 spiro atoms. The maximum atomic E-state index is 11.4. The maximum Gasteiger partial charge on any atom is 0.409 e. The van der Waals surface area contributed by atoms with Crippen LogP contribution in [-0.4, -0.2) is 42.3 Å². The van der Waals surface area contributed by atoms with Gasteiger partial charge in [0, 0.05) is 19.0 Å². The minimum Gasteiger partial charge on any atom is -0.478 e. The number of nitrogens with zero attached hydrogens (tertiary/aromatic N) is 1. The van der Waals surface area contributed by atoms with Crippen LogP contribution in [0.3, 0.4) is 0 Å². The highest BCUT2D eigenvalue weighted by Gasteiger charge is 2.28. The molecule has 5 nitrogen and oxygen atoms in total. The summed E-state index contributed by atoms with van der Waals surface area (Å²) in [5.41, 5.74) is 1.24. The van der Waals surface area contributed by atoms with Gasteiger partial charge in [0.25, 0.3) is 0 Å². The minimum atomic E-state index is -0.931. The van der Waals surface area contributed by atoms with Crippen molar-refractivity contribution >= 4 is 12.1 Å². The van der Waals surface area contributed by atoms with Crippen LogP contribution in [0.5, 0.6) is 0 Å². The first-order valence-corrected chi connectivity index (χ1v) is 5.78. The lowest BCUT2D eigenvalue weighted by molar-refractivity contribution is 0.0696. The summed E-state index contributed by atoms with van der Waals surface area (Å²) in [5.74, 6) is -0.747. The number of hydrogen-bond acceptors (Lipinski definition) is 3. The zero-order chi connectivity index (χ0) is 13.1. The molecule has 5 heteroatoms. The van der Waals surface area contributed by atoms with E-state index in [2.05, 4.69) is 4.74 Å². The van der Waals surface area contributed by atoms with Crippen molar-refractivity contribution in [3.8, 4) is 0 Å². The fourth-order valence-corrected chi connectivity index (χ4v) is 2.25. The number of hydrogen-bond donors (Lipinski definition) is 1. The Morgan fingerprint density at radius 1 is 1.44 bits per heavy atom. The van der Waals surface area contributed by atoms with Crippen LogP contribution in [0.2, 0.25) is 0 Å². The van der Waals surface area contributed by atoms with Crippen molar-refractivity contribution in [2.24, 2.45) is 0 Å². The minimum absolute atomic E-state index is 0.184. The fraction of sp³-hybridized carbons (Fsp3) is 0.385. The normalized spacial score (nSPS) is 18.7. The summed E-state index contributed by atoms with van der Waals surface area (Å²) in [5, 5.41) is 8.95. The Morgan fingerprint density at radius 2 is 2.22 bits per heavy atom. The molecule has 96 valence electrons. The molecule has 1 aliphatic rings. The number of aromatic carboxylic acids is 1. The molecule has 0 aliphatic carbocycles. The largest absolute Gasteiger partial charge is 0.478 e. The molecule has 1 aromatic rings. The van der Waals surface area contributed by atoms with Crippen molar-refractivity contribution < 1.29 is 19.4 Å². The second-order valence-corrected chi connectivity index (χ2v) is 4.33. The zero-order valence-electron chi connectivity index (χ0n) is 10.1. The molecule has 1 heterocycles. The summed E-state index contributed by atoms with van der Waals surface area (Å²) in [6.07, 6.45) is 0.505. The second-order valence-electron chi connectivity index (χ2n) is 4.33. The van der Waals surface area contributed by atoms with Crippen molar-refractivity contribution in [2.75, 3.05) is 20.2 Å². The molecular formula is C13H15NO4. The molecule has 1 aromatic carbocycles. The average Bonchev–Trinajstić information content (AvgIpc) is 2.87. The number of benzene rings is 1. The molecule has 0 aromatic heterocycles. The van der Waals surface area contributed by atoms with E-state index >= 15 is 0 Å². The molecule has 0 saturated carbocycles. The lowest BCUT2D eigenvalue weighted by atomic mass is 9.97. The van der Waals surface area contributed by atoms with Gasteiger partial charge in [0.1, 0.15) is 0 Å². The second kappa shape index (κ2) is 5.08. The lowest BCUT2D eigenvalue weighted by Crippen LogP contribution is -2.28. The molecule has 1 aliphatic heterocycles. The predicted octanol–water partition coefficient (Wildman–Crippen LogP) is 1.94. The van der Waals surface area contributed by atoms with Crippen molar-refractivity contribution in [3.05, 3.63) is 35.4 Å². The topological polar surface area (TPSA) is 66.8 Å². The first kappa shape index (κ1) is 12.4. The summed E-state index contributed by atoms with van der Waals surface area (Å²) in [6, 6.07) is 6.88. The van der Waals surface area contributed by atoms with Crippen molar-refractivity contribution in [1.82, 2.24) is 4.90 Å². The van der Waals surface area contributed by atoms with Gasteiger partial charge in [-0.15, -0.1) is 0 Å². The van der Waals surface area contributed by atoms with E-state index in [1.54, 1.807) is 23.1 Å². The Balaban J connectivity index is 2.12. The first-order chi connectivity index (χ1) is 8.61. The standard InChI is InChI=1S/C13H15NO4/c1-18-13(17)14-6-5-11(8-14)9-3-2-4-10(7-9)12(15)16/h2-4,7,11H,5-6,8H2,1H3,(H,15,16). The van der Waals surface area contributed by atoms with E-state index in [0.29, 0.717) is 13.1 Å². The number of methoxy groups -OCH3 is 1. The number of carbonyl (C=O) groups is 2. The molecule has 1 atom stereocenters. The fourth-order valence-electron chi connectivity index (χ4n) is 2.25. The molecule has 1 fully saturated rings. The number of amides is 1. The van der Waals surface area contributed by atoms with Crippen LogP contribution in [0.15, 0.2) is 24.3 Å². The summed E-state index contributed by atoms with van der Waals surface area (Å²) in [7, 11) is 1.36. The van der Waals surface area contributed by atoms with Gasteiger partial charge in [-0.05, 0) is 24.1 Å². The smallest absolute Gasteiger partial charge is 0.409 e. The van der Waals surface area contributed by atoms with Crippen LogP contribution in [0.4, 0.5) is 4.79 Å². The third-order valence-corrected chi connectivity index (χ3v) is 3.23. The Kier molecular flexibility index (Phi) is 3.50. The average molecular weight is 249 g/mol. The number of rotatable bonds is 2. The molecule has 18 heavy (non-hydrogen) atoms. The molecule has 2 rings (SSSR count). The van der Waals surface area contributed by atoms with E-state index in [1.807, 2.05) is 6.07 Å². The monoisotopic (exact) mass is 249 g/mol. The molecule has 0 bridgehead atoms. The van der Waals surface area contributed by atoms with Gasteiger partial charge in [-0.25, -0.2) is 9.59 Å². The van der Waals surface area contributed by atoms with Crippen LogP contribution in [0.1, 0.15) is 28.3 Å². The van der Waals surface area contributed by atoms with Gasteiger partial charge in [0.15, 0.2) is 0 Å². The molecule has 1 N–H and O–H groups in total. The highest BCUT2D eigenvalue weighted by Crippen LogP contribution is 2.28. The Hall–Kier alpha value is -2.04. The van der Waals surface area contributed by atoms with Gasteiger partial charge in [-0.2, -0.15) is 0 Å². The number of carboxylic acids is 1. The van der Waals surface area contributed by atoms with E-state index in [1.165, 1.54) is 7.11 Å². The van der Waals surface area contributed by atoms with Gasteiger partial charge < -0.3 is 14.7 Å². The molecule has 0 radical (unpaired) electrons. The van der Waals surface area contributed by atoms with Crippen molar-refractivity contribution in [1.29, 1.82) is 0 Å². The van der Waals surface area contributed by atoms with Crippen molar-refractivity contribution in [2.45, 2.75) is 12.3 Å². The molecular weight excluding hydrogens is 234 g/mol. The highest BCUT2D eigenvalue weighted by atomic mass is 16.5. The van der Waals surface area contributed by atoms with Gasteiger partial charge >= 0.3 is 12.1 Å². The van der Waals surface area contributed by atoms with Crippen LogP contribution in [-0.2, 0) is 4.74 Å². The Bertz CT molecular complexity index is 472. The third kappa shape index (κ3) is 2.45. The van der Waals surface area contributed by atoms with Crippen LogP contribution in [0.25, 0.3) is 0 Å². The van der Waals surface area contributed by atoms with E-state index in [0.717, 1.165) is 12.0 Å². The van der Waals surface area contributed by atoms with Gasteiger partial charge in [-0.3, -0.25) is 0 Å². The van der Waals surface area contributed by atoms with Gasteiger partial charge in [0.05, 0.1) is 12.7 Å². The maximum absolute atomic E-state index is 11.4. The third-order valence-electron chi connectivity index (χ3n) is 3.23. The summed E-state index contributed by atoms with van der Waals surface area (Å²) in [6.45, 7) is 1.23. The summed E-state index contributed by atoms with van der Waals surface area (Å²) < 4.78 is 4.67. The van der Waals surface area contributed by atoms with Gasteiger partial charge in [-0.1, -0.05) is 12.1 Å². The quantitative estimate of drug-likeness (QED) is 0.869. The first-order valence-electron chi connectivity index (χ1n) is 5.78. The number of carbonyl (C=O) groups excluding carboxylic acids is 1. The molecule has 1 saturated heterocycles. The van der Waals surface area contributed by atoms with E-state index in [4.69, 9.17) is 5.11 Å². The van der Waals surface area contributed by atoms with Crippen molar-refractivity contribution in [3.63, 3.8) is 0 Å². The van der Waals surface area contributed by atoms with Crippen LogP contribution >= 0.6 is 0 Å². The SMILES string of the molecule is COC(=O)N1CCC(c2cccc(C(=O)O)c2)C1. The van der Waals surface area contributed by atoms with Crippen LogP contribution in [0, 0.1) is 0 Å². The van der Waals surface area contributed by atoms with Gasteiger partial charge in [0.2, 0.25) is 0 Å². The highest BCUT2D eigenvalue weighted by molar-refractivity contribution is 5.87. The number of carboxylic acid groups (broad SMARTS) is 1. The summed E-state index contributed by atoms with van der Waals surface area (Å²) in [4.78, 5) is 23.9. The number of ether oxygens (including phenoxy) is 1. The Morgan fingerprint density at radius 3 is 2.89 bits per heavy atom. The van der Waals surface area contributed by atoms with E-state index in [-0.39, 0.29) is 17.6 Å². The van der Waals surface area contributed by atoms with E-state index in [9.17, 15) is 9.59 Å². The predicted molar refractivity (Wildman–Crippen MR) is 64.7 cm³/mol. The van der Waals surface area contributed by atoms with Crippen LogP contribution < -0.4 is 0 Å². The lowest BCUT2D eigenvalue weighted by Gasteiger charge is -2.15.